The van der Waals surface area contributed by atoms with Gasteiger partial charge in [-0.15, -0.1) is 11.3 Å². The average Bonchev–Trinajstić information content (AvgIpc) is 3.13. The summed E-state index contributed by atoms with van der Waals surface area (Å²) in [5.41, 5.74) is 2.93. The van der Waals surface area contributed by atoms with Crippen LogP contribution in [0.25, 0.3) is 0 Å². The standard InChI is InChI=1S/C22H32N2O5S2/c1-22(2)15-6-5-14(17(22)11-15)12-24-9-7-16-18(13-24)30-21(19(16)20(25)29-4)31(26,27)23-8-10-28-3/h5,15,17,23H,6-13H2,1-4H3/t15-,17-/m0/s1. The molecule has 172 valence electrons. The van der Waals surface area contributed by atoms with Crippen LogP contribution in [0.1, 0.15) is 47.5 Å². The van der Waals surface area contributed by atoms with E-state index in [2.05, 4.69) is 29.5 Å². The van der Waals surface area contributed by atoms with Crippen molar-refractivity contribution in [2.24, 2.45) is 17.3 Å². The number of thiophene rings is 1. The molecule has 3 aliphatic carbocycles. The highest BCUT2D eigenvalue weighted by atomic mass is 32.2. The number of hydrogen-bond acceptors (Lipinski definition) is 7. The molecule has 2 bridgehead atoms. The van der Waals surface area contributed by atoms with Crippen molar-refractivity contribution < 1.29 is 22.7 Å². The maximum atomic E-state index is 12.9. The van der Waals surface area contributed by atoms with E-state index in [1.54, 1.807) is 0 Å². The van der Waals surface area contributed by atoms with Gasteiger partial charge in [0.1, 0.15) is 4.21 Å². The molecule has 0 saturated heterocycles. The molecule has 5 rings (SSSR count). The Morgan fingerprint density at radius 1 is 1.35 bits per heavy atom. The number of esters is 1. The number of ether oxygens (including phenoxy) is 2. The molecule has 0 spiro atoms. The van der Waals surface area contributed by atoms with Gasteiger partial charge < -0.3 is 9.47 Å². The zero-order valence-electron chi connectivity index (χ0n) is 18.7. The molecule has 9 heteroatoms. The number of hydrogen-bond donors (Lipinski definition) is 1. The normalized spacial score (nSPS) is 24.8. The Morgan fingerprint density at radius 2 is 2.13 bits per heavy atom. The predicted octanol–water partition coefficient (Wildman–Crippen LogP) is 2.81. The summed E-state index contributed by atoms with van der Waals surface area (Å²) < 4.78 is 38.3. The smallest absolute Gasteiger partial charge is 0.340 e. The van der Waals surface area contributed by atoms with Gasteiger partial charge in [0.05, 0.1) is 19.3 Å². The van der Waals surface area contributed by atoms with Crippen LogP contribution in [0, 0.1) is 17.3 Å². The molecule has 1 saturated carbocycles. The summed E-state index contributed by atoms with van der Waals surface area (Å²) in [4.78, 5) is 15.8. The van der Waals surface area contributed by atoms with Gasteiger partial charge in [-0.3, -0.25) is 4.90 Å². The zero-order valence-corrected chi connectivity index (χ0v) is 20.3. The zero-order chi connectivity index (χ0) is 22.4. The molecule has 1 aromatic heterocycles. The van der Waals surface area contributed by atoms with Crippen molar-refractivity contribution in [2.45, 2.75) is 43.9 Å². The van der Waals surface area contributed by atoms with Gasteiger partial charge in [-0.2, -0.15) is 0 Å². The number of nitrogens with zero attached hydrogens (tertiary/aromatic N) is 1. The molecule has 4 aliphatic rings. The number of methoxy groups -OCH3 is 2. The molecule has 2 atom stereocenters. The summed E-state index contributed by atoms with van der Waals surface area (Å²) in [6.45, 7) is 7.55. The molecule has 1 fully saturated rings. The van der Waals surface area contributed by atoms with Crippen LogP contribution in [0.5, 0.6) is 0 Å². The first-order chi connectivity index (χ1) is 14.7. The minimum atomic E-state index is -3.82. The Kier molecular flexibility index (Phi) is 6.35. The Hall–Kier alpha value is -1.26. The molecule has 7 nitrogen and oxygen atoms in total. The van der Waals surface area contributed by atoms with E-state index in [1.165, 1.54) is 44.0 Å². The van der Waals surface area contributed by atoms with Crippen molar-refractivity contribution in [3.05, 3.63) is 27.7 Å². The van der Waals surface area contributed by atoms with Crippen LogP contribution in [-0.2, 0) is 32.5 Å². The van der Waals surface area contributed by atoms with Crippen LogP contribution in [0.3, 0.4) is 0 Å². The van der Waals surface area contributed by atoms with Crippen LogP contribution in [0.15, 0.2) is 15.9 Å². The summed E-state index contributed by atoms with van der Waals surface area (Å²) in [6, 6.07) is 0. The second-order valence-corrected chi connectivity index (χ2v) is 12.4. The lowest BCUT2D eigenvalue weighted by atomic mass is 9.49. The molecule has 31 heavy (non-hydrogen) atoms. The number of nitrogens with one attached hydrogen (secondary N) is 1. The molecule has 1 N–H and O–H groups in total. The molecule has 0 aromatic carbocycles. The molecule has 1 aliphatic heterocycles. The van der Waals surface area contributed by atoms with Crippen LogP contribution < -0.4 is 4.72 Å². The lowest BCUT2D eigenvalue weighted by Gasteiger charge is -2.57. The number of carbonyl (C=O) groups is 1. The molecule has 0 radical (unpaired) electrons. The van der Waals surface area contributed by atoms with Crippen molar-refractivity contribution in [3.8, 4) is 0 Å². The van der Waals surface area contributed by atoms with Gasteiger partial charge in [-0.1, -0.05) is 25.5 Å². The first kappa shape index (κ1) is 22.9. The minimum absolute atomic E-state index is 0.0575. The first-order valence-electron chi connectivity index (χ1n) is 10.8. The number of carbonyl (C=O) groups excluding carboxylic acids is 1. The van der Waals surface area contributed by atoms with Crippen molar-refractivity contribution in [3.63, 3.8) is 0 Å². The first-order valence-corrected chi connectivity index (χ1v) is 13.1. The second-order valence-electron chi connectivity index (χ2n) is 9.33. The lowest BCUT2D eigenvalue weighted by Crippen LogP contribution is -2.50. The van der Waals surface area contributed by atoms with Gasteiger partial charge in [0.15, 0.2) is 0 Å². The number of fused-ring (bicyclic) bond motifs is 2. The highest BCUT2D eigenvalue weighted by Crippen LogP contribution is 2.59. The van der Waals surface area contributed by atoms with Crippen LogP contribution >= 0.6 is 11.3 Å². The molecular formula is C22H32N2O5S2. The second kappa shape index (κ2) is 8.59. The Labute approximate surface area is 188 Å². The predicted molar refractivity (Wildman–Crippen MR) is 120 cm³/mol. The summed E-state index contributed by atoms with van der Waals surface area (Å²) >= 11 is 1.19. The fourth-order valence-electron chi connectivity index (χ4n) is 5.32. The maximum absolute atomic E-state index is 12.9. The van der Waals surface area contributed by atoms with E-state index in [1.807, 2.05) is 0 Å². The third-order valence-electron chi connectivity index (χ3n) is 7.32. The minimum Gasteiger partial charge on any atom is -0.465 e. The fraction of sp³-hybridized carbons (Fsp3) is 0.682. The van der Waals surface area contributed by atoms with Crippen LogP contribution in [0.4, 0.5) is 0 Å². The highest BCUT2D eigenvalue weighted by Gasteiger charge is 2.51. The van der Waals surface area contributed by atoms with E-state index in [0.717, 1.165) is 29.4 Å². The lowest BCUT2D eigenvalue weighted by molar-refractivity contribution is -0.0110. The Balaban J connectivity index is 1.56. The van der Waals surface area contributed by atoms with Gasteiger partial charge in [0.25, 0.3) is 10.0 Å². The van der Waals surface area contributed by atoms with Gasteiger partial charge in [0.2, 0.25) is 0 Å². The number of allylic oxidation sites excluding steroid dienone is 1. The topological polar surface area (TPSA) is 84.9 Å². The SMILES string of the molecule is COCCNS(=O)(=O)c1sc2c(c1C(=O)OC)CCN(CC1=CC[C@H]3C[C@@H]1C3(C)C)C2. The summed E-state index contributed by atoms with van der Waals surface area (Å²) in [6.07, 6.45) is 5.52. The van der Waals surface area contributed by atoms with Gasteiger partial charge in [-0.25, -0.2) is 17.9 Å². The van der Waals surface area contributed by atoms with E-state index < -0.39 is 16.0 Å². The van der Waals surface area contributed by atoms with Gasteiger partial charge in [0, 0.05) is 38.2 Å². The number of rotatable bonds is 8. The quantitative estimate of drug-likeness (QED) is 0.359. The van der Waals surface area contributed by atoms with Crippen molar-refractivity contribution >= 4 is 27.3 Å². The monoisotopic (exact) mass is 468 g/mol. The number of sulfonamides is 1. The van der Waals surface area contributed by atoms with E-state index in [4.69, 9.17) is 9.47 Å². The van der Waals surface area contributed by atoms with Crippen LogP contribution in [0.2, 0.25) is 0 Å². The van der Waals surface area contributed by atoms with E-state index in [9.17, 15) is 13.2 Å². The summed E-state index contributed by atoms with van der Waals surface area (Å²) in [5, 5.41) is 0. The molecule has 2 heterocycles. The molecule has 1 aromatic rings. The largest absolute Gasteiger partial charge is 0.465 e. The van der Waals surface area contributed by atoms with E-state index in [0.29, 0.717) is 24.3 Å². The van der Waals surface area contributed by atoms with Gasteiger partial charge >= 0.3 is 5.97 Å². The molecular weight excluding hydrogens is 436 g/mol. The average molecular weight is 469 g/mol. The highest BCUT2D eigenvalue weighted by molar-refractivity contribution is 7.91. The van der Waals surface area contributed by atoms with Crippen molar-refractivity contribution in [2.75, 3.05) is 40.5 Å². The van der Waals surface area contributed by atoms with E-state index in [-0.39, 0.29) is 22.9 Å². The third kappa shape index (κ3) is 4.11. The Morgan fingerprint density at radius 3 is 2.77 bits per heavy atom. The fourth-order valence-corrected chi connectivity index (χ4v) is 8.30. The molecule has 0 amide bonds. The summed E-state index contributed by atoms with van der Waals surface area (Å²) in [7, 11) is -1.01. The maximum Gasteiger partial charge on any atom is 0.340 e. The van der Waals surface area contributed by atoms with Crippen molar-refractivity contribution in [1.82, 2.24) is 9.62 Å². The van der Waals surface area contributed by atoms with Crippen LogP contribution in [-0.4, -0.2) is 59.7 Å². The van der Waals surface area contributed by atoms with Gasteiger partial charge in [-0.05, 0) is 42.1 Å². The summed E-state index contributed by atoms with van der Waals surface area (Å²) in [5.74, 6) is 0.880. The third-order valence-corrected chi connectivity index (χ3v) is 10.5. The van der Waals surface area contributed by atoms with E-state index >= 15 is 0 Å². The van der Waals surface area contributed by atoms with Crippen molar-refractivity contribution in [1.29, 1.82) is 0 Å². The Bertz CT molecular complexity index is 996. The molecule has 0 unspecified atom stereocenters.